The molecular weight excluding hydrogens is 266 g/mol. The summed E-state index contributed by atoms with van der Waals surface area (Å²) in [6.45, 7) is 1.96. The molecule has 4 nitrogen and oxygen atoms in total. The summed E-state index contributed by atoms with van der Waals surface area (Å²) in [5.74, 6) is -0.386. The van der Waals surface area contributed by atoms with Crippen molar-refractivity contribution in [2.75, 3.05) is 0 Å². The summed E-state index contributed by atoms with van der Waals surface area (Å²) in [6.07, 6.45) is 3.83. The number of carbonyl (C=O) groups excluding carboxylic acids is 1. The topological polar surface area (TPSA) is 47.8 Å². The number of pyridine rings is 2. The standard InChI is InChI=1S/C14H12ClNO3/c1-8-3-2-6-16-12(8)10(9-4-5-9)7-11(13(16)17)14(18)19-15/h2-3,6-7,9H,4-5H2,1H3. The summed E-state index contributed by atoms with van der Waals surface area (Å²) in [5.41, 5.74) is 2.52. The van der Waals surface area contributed by atoms with E-state index in [1.54, 1.807) is 18.3 Å². The molecule has 1 fully saturated rings. The number of carbonyl (C=O) groups is 1. The minimum atomic E-state index is -0.801. The lowest BCUT2D eigenvalue weighted by molar-refractivity contribution is 0.0749. The van der Waals surface area contributed by atoms with E-state index in [1.807, 2.05) is 13.0 Å². The molecule has 0 aromatic carbocycles. The first-order valence-corrected chi connectivity index (χ1v) is 6.42. The van der Waals surface area contributed by atoms with Crippen LogP contribution in [0.3, 0.4) is 0 Å². The van der Waals surface area contributed by atoms with Gasteiger partial charge in [0.2, 0.25) is 0 Å². The highest BCUT2D eigenvalue weighted by Crippen LogP contribution is 2.42. The van der Waals surface area contributed by atoms with Crippen LogP contribution in [-0.4, -0.2) is 10.4 Å². The number of hydrogen-bond donors (Lipinski definition) is 0. The molecule has 3 rings (SSSR count). The van der Waals surface area contributed by atoms with Crippen LogP contribution in [0.5, 0.6) is 0 Å². The van der Waals surface area contributed by atoms with Crippen molar-refractivity contribution in [3.63, 3.8) is 0 Å². The van der Waals surface area contributed by atoms with Gasteiger partial charge in [0, 0.05) is 6.20 Å². The molecule has 0 N–H and O–H groups in total. The van der Waals surface area contributed by atoms with Crippen LogP contribution < -0.4 is 5.56 Å². The second kappa shape index (κ2) is 4.38. The first-order chi connectivity index (χ1) is 9.13. The van der Waals surface area contributed by atoms with Gasteiger partial charge in [0.15, 0.2) is 0 Å². The lowest BCUT2D eigenvalue weighted by Gasteiger charge is -2.11. The second-order valence-corrected chi connectivity index (χ2v) is 5.02. The highest BCUT2D eigenvalue weighted by Gasteiger charge is 2.29. The van der Waals surface area contributed by atoms with Gasteiger partial charge < -0.3 is 4.29 Å². The molecule has 1 aliphatic rings. The van der Waals surface area contributed by atoms with Crippen molar-refractivity contribution in [1.29, 1.82) is 0 Å². The highest BCUT2D eigenvalue weighted by molar-refractivity contribution is 6.15. The van der Waals surface area contributed by atoms with Crippen molar-refractivity contribution in [2.45, 2.75) is 25.7 Å². The summed E-state index contributed by atoms with van der Waals surface area (Å²) in [5, 5.41) is 0. The molecule has 2 aromatic rings. The Bertz CT molecular complexity index is 731. The minimum absolute atomic E-state index is 0.0139. The van der Waals surface area contributed by atoms with Crippen molar-refractivity contribution >= 4 is 23.4 Å². The minimum Gasteiger partial charge on any atom is -0.343 e. The normalized spacial score (nSPS) is 14.6. The van der Waals surface area contributed by atoms with Gasteiger partial charge in [-0.15, -0.1) is 0 Å². The summed E-state index contributed by atoms with van der Waals surface area (Å²) >= 11 is 5.09. The summed E-state index contributed by atoms with van der Waals surface area (Å²) in [4.78, 5) is 23.9. The zero-order chi connectivity index (χ0) is 13.6. The molecule has 2 heterocycles. The van der Waals surface area contributed by atoms with Crippen LogP contribution in [0.4, 0.5) is 0 Å². The molecule has 0 atom stereocenters. The van der Waals surface area contributed by atoms with Gasteiger partial charge >= 0.3 is 5.97 Å². The molecular formula is C14H12ClNO3. The maximum atomic E-state index is 12.3. The fraction of sp³-hybridized carbons (Fsp3) is 0.286. The Labute approximate surface area is 114 Å². The Morgan fingerprint density at radius 2 is 2.21 bits per heavy atom. The van der Waals surface area contributed by atoms with Crippen LogP contribution in [0.25, 0.3) is 5.52 Å². The van der Waals surface area contributed by atoms with E-state index in [0.29, 0.717) is 5.92 Å². The Hall–Kier alpha value is -1.81. The molecule has 0 bridgehead atoms. The number of aromatic nitrogens is 1. The van der Waals surface area contributed by atoms with E-state index in [-0.39, 0.29) is 5.56 Å². The molecule has 5 heteroatoms. The molecule has 19 heavy (non-hydrogen) atoms. The number of halogens is 1. The lowest BCUT2D eigenvalue weighted by atomic mass is 10.0. The molecule has 1 aliphatic carbocycles. The van der Waals surface area contributed by atoms with Gasteiger partial charge in [-0.2, -0.15) is 0 Å². The molecule has 2 aromatic heterocycles. The number of rotatable bonds is 2. The van der Waals surface area contributed by atoms with Gasteiger partial charge in [0.05, 0.1) is 5.52 Å². The van der Waals surface area contributed by atoms with Crippen molar-refractivity contribution in [3.8, 4) is 0 Å². The lowest BCUT2D eigenvalue weighted by Crippen LogP contribution is -2.23. The summed E-state index contributed by atoms with van der Waals surface area (Å²) in [6, 6.07) is 5.38. The average molecular weight is 278 g/mol. The Morgan fingerprint density at radius 3 is 2.84 bits per heavy atom. The zero-order valence-electron chi connectivity index (χ0n) is 10.4. The van der Waals surface area contributed by atoms with E-state index >= 15 is 0 Å². The van der Waals surface area contributed by atoms with Gasteiger partial charge in [-0.3, -0.25) is 9.20 Å². The highest BCUT2D eigenvalue weighted by atomic mass is 35.5. The summed E-state index contributed by atoms with van der Waals surface area (Å²) in [7, 11) is 0. The number of aryl methyl sites for hydroxylation is 1. The van der Waals surface area contributed by atoms with Gasteiger partial charge in [0.25, 0.3) is 5.56 Å². The molecule has 0 aliphatic heterocycles. The Morgan fingerprint density at radius 1 is 1.47 bits per heavy atom. The Balaban J connectivity index is 2.41. The van der Waals surface area contributed by atoms with Crippen molar-refractivity contribution in [1.82, 2.24) is 4.40 Å². The quantitative estimate of drug-likeness (QED) is 0.848. The predicted octanol–water partition coefficient (Wildman–Crippen LogP) is 2.80. The van der Waals surface area contributed by atoms with Crippen LogP contribution in [0.1, 0.15) is 40.2 Å². The van der Waals surface area contributed by atoms with E-state index in [9.17, 15) is 9.59 Å². The molecule has 0 unspecified atom stereocenters. The largest absolute Gasteiger partial charge is 0.361 e. The van der Waals surface area contributed by atoms with Crippen LogP contribution in [0.2, 0.25) is 0 Å². The average Bonchev–Trinajstić information content (AvgIpc) is 3.23. The fourth-order valence-electron chi connectivity index (χ4n) is 2.46. The van der Waals surface area contributed by atoms with E-state index in [0.717, 1.165) is 29.5 Å². The van der Waals surface area contributed by atoms with Crippen LogP contribution in [-0.2, 0) is 4.29 Å². The molecule has 0 radical (unpaired) electrons. The van der Waals surface area contributed by atoms with Crippen molar-refractivity contribution in [3.05, 3.63) is 51.4 Å². The smallest absolute Gasteiger partial charge is 0.343 e. The molecule has 0 saturated heterocycles. The second-order valence-electron chi connectivity index (χ2n) is 4.87. The van der Waals surface area contributed by atoms with Gasteiger partial charge in [-0.25, -0.2) is 4.79 Å². The third kappa shape index (κ3) is 1.92. The number of fused-ring (bicyclic) bond motifs is 1. The van der Waals surface area contributed by atoms with Crippen LogP contribution >= 0.6 is 11.9 Å². The summed E-state index contributed by atoms with van der Waals surface area (Å²) < 4.78 is 5.68. The van der Waals surface area contributed by atoms with Crippen LogP contribution in [0.15, 0.2) is 29.2 Å². The third-order valence-corrected chi connectivity index (χ3v) is 3.67. The molecule has 1 saturated carbocycles. The SMILES string of the molecule is Cc1cccn2c(=O)c(C(=O)OCl)cc(C3CC3)c12. The van der Waals surface area contributed by atoms with Gasteiger partial charge in [-0.05, 0) is 48.9 Å². The van der Waals surface area contributed by atoms with Gasteiger partial charge in [0.1, 0.15) is 17.4 Å². The van der Waals surface area contributed by atoms with Crippen LogP contribution in [0, 0.1) is 6.92 Å². The predicted molar refractivity (Wildman–Crippen MR) is 71.6 cm³/mol. The van der Waals surface area contributed by atoms with E-state index < -0.39 is 11.5 Å². The fourth-order valence-corrected chi connectivity index (χ4v) is 2.54. The van der Waals surface area contributed by atoms with E-state index in [1.165, 1.54) is 4.40 Å². The molecule has 98 valence electrons. The maximum Gasteiger partial charge on any atom is 0.361 e. The zero-order valence-corrected chi connectivity index (χ0v) is 11.1. The van der Waals surface area contributed by atoms with E-state index in [2.05, 4.69) is 4.29 Å². The maximum absolute atomic E-state index is 12.3. The van der Waals surface area contributed by atoms with E-state index in [4.69, 9.17) is 11.9 Å². The number of nitrogens with zero attached hydrogens (tertiary/aromatic N) is 1. The molecule has 0 spiro atoms. The molecule has 0 amide bonds. The van der Waals surface area contributed by atoms with Gasteiger partial charge in [-0.1, -0.05) is 6.07 Å². The first-order valence-electron chi connectivity index (χ1n) is 6.11. The van der Waals surface area contributed by atoms with Crippen molar-refractivity contribution < 1.29 is 9.08 Å². The third-order valence-electron chi connectivity index (χ3n) is 3.53. The first kappa shape index (κ1) is 12.2. The Kier molecular flexibility index (Phi) is 2.82. The number of hydrogen-bond acceptors (Lipinski definition) is 3. The van der Waals surface area contributed by atoms with Crippen molar-refractivity contribution in [2.24, 2.45) is 0 Å². The monoisotopic (exact) mass is 277 g/mol.